The molecule has 23 heavy (non-hydrogen) atoms. The highest BCUT2D eigenvalue weighted by Gasteiger charge is 2.06. The first kappa shape index (κ1) is 17.4. The Bertz CT molecular complexity index is 658. The molecule has 124 valence electrons. The summed E-state index contributed by atoms with van der Waals surface area (Å²) in [5.41, 5.74) is 1.67. The van der Waals surface area contributed by atoms with Crippen LogP contribution in [0.5, 0.6) is 0 Å². The highest BCUT2D eigenvalue weighted by molar-refractivity contribution is 7.98. The van der Waals surface area contributed by atoms with Gasteiger partial charge in [0.05, 0.1) is 0 Å². The standard InChI is InChI=1S/C17H21FN2O2S/c1-12-9-15(13(2)22-12)10-20-17(21)19-7-8-23-11-14-5-3-4-6-16(14)18/h3-6,9H,7-8,10-11H2,1-2H3,(H2,19,20,21). The molecule has 6 heteroatoms. The van der Waals surface area contributed by atoms with Crippen LogP contribution in [-0.2, 0) is 12.3 Å². The second-order valence-electron chi connectivity index (χ2n) is 5.19. The summed E-state index contributed by atoms with van der Waals surface area (Å²) in [6.07, 6.45) is 0. The number of hydrogen-bond acceptors (Lipinski definition) is 3. The zero-order chi connectivity index (χ0) is 16.7. The van der Waals surface area contributed by atoms with Gasteiger partial charge in [-0.3, -0.25) is 0 Å². The molecule has 2 aromatic rings. The molecule has 0 saturated heterocycles. The van der Waals surface area contributed by atoms with Crippen LogP contribution in [0.15, 0.2) is 34.7 Å². The third-order valence-corrected chi connectivity index (χ3v) is 4.34. The number of rotatable bonds is 7. The van der Waals surface area contributed by atoms with Crippen LogP contribution in [0.1, 0.15) is 22.6 Å². The summed E-state index contributed by atoms with van der Waals surface area (Å²) in [6, 6.07) is 8.44. The van der Waals surface area contributed by atoms with Gasteiger partial charge in [-0.2, -0.15) is 11.8 Å². The molecule has 2 N–H and O–H groups in total. The smallest absolute Gasteiger partial charge is 0.315 e. The number of benzene rings is 1. The first-order chi connectivity index (χ1) is 11.1. The quantitative estimate of drug-likeness (QED) is 0.757. The summed E-state index contributed by atoms with van der Waals surface area (Å²) < 4.78 is 18.8. The summed E-state index contributed by atoms with van der Waals surface area (Å²) in [7, 11) is 0. The summed E-state index contributed by atoms with van der Waals surface area (Å²) in [5.74, 6) is 2.80. The summed E-state index contributed by atoms with van der Waals surface area (Å²) in [6.45, 7) is 4.73. The van der Waals surface area contributed by atoms with Crippen molar-refractivity contribution in [2.45, 2.75) is 26.1 Å². The Kier molecular flexibility index (Phi) is 6.52. The van der Waals surface area contributed by atoms with Crippen LogP contribution >= 0.6 is 11.8 Å². The molecule has 2 amide bonds. The van der Waals surface area contributed by atoms with Crippen molar-refractivity contribution in [1.82, 2.24) is 10.6 Å². The van der Waals surface area contributed by atoms with Gasteiger partial charge in [0.25, 0.3) is 0 Å². The van der Waals surface area contributed by atoms with Crippen molar-refractivity contribution in [2.75, 3.05) is 12.3 Å². The maximum Gasteiger partial charge on any atom is 0.315 e. The first-order valence-corrected chi connectivity index (χ1v) is 8.60. The molecular weight excluding hydrogens is 315 g/mol. The predicted molar refractivity (Wildman–Crippen MR) is 91.0 cm³/mol. The maximum atomic E-state index is 13.4. The molecule has 0 aliphatic carbocycles. The second-order valence-corrected chi connectivity index (χ2v) is 6.30. The van der Waals surface area contributed by atoms with Crippen LogP contribution in [0, 0.1) is 19.7 Å². The Morgan fingerprint density at radius 1 is 1.22 bits per heavy atom. The van der Waals surface area contributed by atoms with Gasteiger partial charge < -0.3 is 15.1 Å². The van der Waals surface area contributed by atoms with Crippen LogP contribution < -0.4 is 10.6 Å². The van der Waals surface area contributed by atoms with E-state index in [1.54, 1.807) is 23.9 Å². The van der Waals surface area contributed by atoms with Gasteiger partial charge in [0.1, 0.15) is 17.3 Å². The van der Waals surface area contributed by atoms with Crippen molar-refractivity contribution < 1.29 is 13.6 Å². The van der Waals surface area contributed by atoms with Crippen LogP contribution in [0.2, 0.25) is 0 Å². The molecule has 1 heterocycles. The van der Waals surface area contributed by atoms with E-state index < -0.39 is 0 Å². The molecule has 1 aromatic carbocycles. The van der Waals surface area contributed by atoms with E-state index >= 15 is 0 Å². The minimum absolute atomic E-state index is 0.184. The Balaban J connectivity index is 1.60. The third-order valence-electron chi connectivity index (χ3n) is 3.33. The fraction of sp³-hybridized carbons (Fsp3) is 0.353. The number of urea groups is 1. The van der Waals surface area contributed by atoms with Crippen molar-refractivity contribution in [3.05, 3.63) is 58.8 Å². The van der Waals surface area contributed by atoms with Crippen molar-refractivity contribution in [3.63, 3.8) is 0 Å². The van der Waals surface area contributed by atoms with E-state index in [0.29, 0.717) is 24.4 Å². The molecule has 0 fully saturated rings. The number of carbonyl (C=O) groups is 1. The van der Waals surface area contributed by atoms with Crippen molar-refractivity contribution in [3.8, 4) is 0 Å². The SMILES string of the molecule is Cc1cc(CNC(=O)NCCSCc2ccccc2F)c(C)o1. The van der Waals surface area contributed by atoms with E-state index in [2.05, 4.69) is 10.6 Å². The summed E-state index contributed by atoms with van der Waals surface area (Å²) >= 11 is 1.59. The van der Waals surface area contributed by atoms with Crippen LogP contribution in [0.3, 0.4) is 0 Å². The molecule has 0 bridgehead atoms. The van der Waals surface area contributed by atoms with Crippen molar-refractivity contribution in [1.29, 1.82) is 0 Å². The summed E-state index contributed by atoms with van der Waals surface area (Å²) in [5, 5.41) is 5.58. The molecule has 1 aromatic heterocycles. The molecule has 0 atom stereocenters. The molecule has 0 spiro atoms. The number of carbonyl (C=O) groups excluding carboxylic acids is 1. The average Bonchev–Trinajstić information content (AvgIpc) is 2.84. The van der Waals surface area contributed by atoms with E-state index in [4.69, 9.17) is 4.42 Å². The monoisotopic (exact) mass is 336 g/mol. The molecule has 0 aliphatic rings. The first-order valence-electron chi connectivity index (χ1n) is 7.45. The van der Waals surface area contributed by atoms with Crippen LogP contribution in [-0.4, -0.2) is 18.3 Å². The highest BCUT2D eigenvalue weighted by Crippen LogP contribution is 2.15. The number of furan rings is 1. The lowest BCUT2D eigenvalue weighted by molar-refractivity contribution is 0.241. The minimum Gasteiger partial charge on any atom is -0.466 e. The van der Waals surface area contributed by atoms with E-state index in [9.17, 15) is 9.18 Å². The van der Waals surface area contributed by atoms with Gasteiger partial charge in [0, 0.05) is 30.2 Å². The van der Waals surface area contributed by atoms with Crippen LogP contribution in [0.4, 0.5) is 9.18 Å². The van der Waals surface area contributed by atoms with Gasteiger partial charge in [0.2, 0.25) is 0 Å². The van der Waals surface area contributed by atoms with Gasteiger partial charge in [-0.15, -0.1) is 0 Å². The normalized spacial score (nSPS) is 10.6. The third kappa shape index (κ3) is 5.63. The van der Waals surface area contributed by atoms with E-state index in [0.717, 1.165) is 22.8 Å². The van der Waals surface area contributed by atoms with E-state index in [-0.39, 0.29) is 11.8 Å². The van der Waals surface area contributed by atoms with Gasteiger partial charge in [-0.1, -0.05) is 18.2 Å². The molecule has 0 radical (unpaired) electrons. The second kappa shape index (κ2) is 8.62. The van der Waals surface area contributed by atoms with Gasteiger partial charge in [-0.05, 0) is 31.5 Å². The van der Waals surface area contributed by atoms with Gasteiger partial charge in [0.15, 0.2) is 0 Å². The number of amides is 2. The molecule has 0 saturated carbocycles. The molecular formula is C17H21FN2O2S. The zero-order valence-corrected chi connectivity index (χ0v) is 14.1. The fourth-order valence-corrected chi connectivity index (χ4v) is 2.98. The van der Waals surface area contributed by atoms with E-state index in [1.165, 1.54) is 6.07 Å². The number of aryl methyl sites for hydroxylation is 2. The lowest BCUT2D eigenvalue weighted by atomic mass is 10.2. The Labute approximate surface area is 139 Å². The summed E-state index contributed by atoms with van der Waals surface area (Å²) in [4.78, 5) is 11.7. The number of hydrogen-bond donors (Lipinski definition) is 2. The number of halogens is 1. The lowest BCUT2D eigenvalue weighted by Crippen LogP contribution is -2.36. The van der Waals surface area contributed by atoms with Gasteiger partial charge >= 0.3 is 6.03 Å². The van der Waals surface area contributed by atoms with E-state index in [1.807, 2.05) is 26.0 Å². The maximum absolute atomic E-state index is 13.4. The Morgan fingerprint density at radius 2 is 2.00 bits per heavy atom. The van der Waals surface area contributed by atoms with Crippen molar-refractivity contribution >= 4 is 17.8 Å². The molecule has 0 aliphatic heterocycles. The Morgan fingerprint density at radius 3 is 2.70 bits per heavy atom. The zero-order valence-electron chi connectivity index (χ0n) is 13.3. The Hall–Kier alpha value is -1.95. The predicted octanol–water partition coefficient (Wildman–Crippen LogP) is 3.77. The molecule has 2 rings (SSSR count). The minimum atomic E-state index is -0.213. The highest BCUT2D eigenvalue weighted by atomic mass is 32.2. The number of thioether (sulfide) groups is 1. The van der Waals surface area contributed by atoms with Crippen molar-refractivity contribution in [2.24, 2.45) is 0 Å². The fourth-order valence-electron chi connectivity index (χ4n) is 2.13. The largest absolute Gasteiger partial charge is 0.466 e. The number of nitrogens with one attached hydrogen (secondary N) is 2. The van der Waals surface area contributed by atoms with Crippen LogP contribution in [0.25, 0.3) is 0 Å². The average molecular weight is 336 g/mol. The molecule has 4 nitrogen and oxygen atoms in total. The topological polar surface area (TPSA) is 54.3 Å². The van der Waals surface area contributed by atoms with Gasteiger partial charge in [-0.25, -0.2) is 9.18 Å². The molecule has 0 unspecified atom stereocenters. The lowest BCUT2D eigenvalue weighted by Gasteiger charge is -2.07.